The van der Waals surface area contributed by atoms with Crippen LogP contribution in [0, 0.1) is 13.8 Å². The smallest absolute Gasteiger partial charge is 0.305 e. The Kier molecular flexibility index (Phi) is 4.13. The fourth-order valence-corrected chi connectivity index (χ4v) is 2.56. The van der Waals surface area contributed by atoms with Gasteiger partial charge in [-0.1, -0.05) is 0 Å². The molecule has 2 rings (SSSR count). The van der Waals surface area contributed by atoms with E-state index in [2.05, 4.69) is 5.32 Å². The van der Waals surface area contributed by atoms with Crippen LogP contribution in [-0.4, -0.2) is 35.7 Å². The molecule has 0 bridgehead atoms. The van der Waals surface area contributed by atoms with Crippen LogP contribution in [0.5, 0.6) is 0 Å². The van der Waals surface area contributed by atoms with E-state index >= 15 is 0 Å². The monoisotopic (exact) mass is 281 g/mol. The number of carbonyl (C=O) groups excluding carboxylic acids is 1. The summed E-state index contributed by atoms with van der Waals surface area (Å²) in [5, 5.41) is 11.9. The number of hydrogen-bond donors (Lipinski definition) is 2. The Hall–Kier alpha value is -1.82. The third-order valence-electron chi connectivity index (χ3n) is 3.57. The van der Waals surface area contributed by atoms with E-state index in [4.69, 9.17) is 14.3 Å². The number of aliphatic carboxylic acids is 1. The lowest BCUT2D eigenvalue weighted by Gasteiger charge is -2.36. The molecule has 1 aromatic rings. The van der Waals surface area contributed by atoms with Crippen molar-refractivity contribution in [3.05, 3.63) is 23.2 Å². The molecule has 0 saturated carbocycles. The molecular formula is C14H19NO5. The summed E-state index contributed by atoms with van der Waals surface area (Å²) in [5.74, 6) is -0.385. The molecular weight excluding hydrogens is 262 g/mol. The van der Waals surface area contributed by atoms with Gasteiger partial charge in [0.2, 0.25) is 0 Å². The van der Waals surface area contributed by atoms with Crippen molar-refractivity contribution in [2.45, 2.75) is 38.6 Å². The van der Waals surface area contributed by atoms with Gasteiger partial charge >= 0.3 is 5.97 Å². The van der Waals surface area contributed by atoms with Crippen LogP contribution in [0.2, 0.25) is 0 Å². The molecule has 1 fully saturated rings. The van der Waals surface area contributed by atoms with Crippen LogP contribution in [-0.2, 0) is 9.53 Å². The molecule has 0 atom stereocenters. The Bertz CT molecular complexity index is 514. The number of amides is 1. The number of ether oxygens (including phenoxy) is 1. The zero-order valence-corrected chi connectivity index (χ0v) is 11.7. The molecule has 110 valence electrons. The third kappa shape index (κ3) is 3.19. The number of hydrogen-bond acceptors (Lipinski definition) is 4. The van der Waals surface area contributed by atoms with Crippen molar-refractivity contribution in [2.24, 2.45) is 0 Å². The summed E-state index contributed by atoms with van der Waals surface area (Å²) >= 11 is 0. The predicted octanol–water partition coefficient (Wildman–Crippen LogP) is 1.65. The molecule has 1 aromatic heterocycles. The Morgan fingerprint density at radius 1 is 1.35 bits per heavy atom. The Morgan fingerprint density at radius 3 is 2.50 bits per heavy atom. The maximum atomic E-state index is 12.3. The lowest BCUT2D eigenvalue weighted by molar-refractivity contribution is -0.139. The van der Waals surface area contributed by atoms with E-state index in [0.717, 1.165) is 5.56 Å². The van der Waals surface area contributed by atoms with E-state index in [1.54, 1.807) is 19.9 Å². The molecule has 1 aliphatic rings. The lowest BCUT2D eigenvalue weighted by Crippen LogP contribution is -2.53. The van der Waals surface area contributed by atoms with Crippen molar-refractivity contribution in [3.8, 4) is 0 Å². The highest BCUT2D eigenvalue weighted by atomic mass is 16.5. The quantitative estimate of drug-likeness (QED) is 0.876. The van der Waals surface area contributed by atoms with Crippen molar-refractivity contribution in [2.75, 3.05) is 13.2 Å². The first-order valence-electron chi connectivity index (χ1n) is 6.61. The molecule has 2 N–H and O–H groups in total. The molecule has 0 radical (unpaired) electrons. The molecule has 20 heavy (non-hydrogen) atoms. The highest BCUT2D eigenvalue weighted by Gasteiger charge is 2.37. The summed E-state index contributed by atoms with van der Waals surface area (Å²) in [5.41, 5.74) is -0.00794. The summed E-state index contributed by atoms with van der Waals surface area (Å²) in [6.07, 6.45) is 0.869. The number of nitrogens with one attached hydrogen (secondary N) is 1. The fourth-order valence-electron chi connectivity index (χ4n) is 2.56. The fraction of sp³-hybridized carbons (Fsp3) is 0.571. The van der Waals surface area contributed by atoms with Crippen molar-refractivity contribution < 1.29 is 23.8 Å². The number of furan rings is 1. The Balaban J connectivity index is 2.17. The summed E-state index contributed by atoms with van der Waals surface area (Å²) in [4.78, 5) is 23.3. The zero-order valence-electron chi connectivity index (χ0n) is 11.7. The van der Waals surface area contributed by atoms with Gasteiger partial charge in [0.25, 0.3) is 5.91 Å². The van der Waals surface area contributed by atoms with Gasteiger partial charge in [0.05, 0.1) is 12.0 Å². The number of rotatable bonds is 4. The molecule has 0 aromatic carbocycles. The van der Waals surface area contributed by atoms with Crippen molar-refractivity contribution in [1.82, 2.24) is 5.32 Å². The molecule has 0 spiro atoms. The van der Waals surface area contributed by atoms with E-state index in [-0.39, 0.29) is 18.1 Å². The van der Waals surface area contributed by atoms with E-state index in [1.165, 1.54) is 0 Å². The number of carbonyl (C=O) groups is 2. The van der Waals surface area contributed by atoms with Gasteiger partial charge < -0.3 is 19.6 Å². The average molecular weight is 281 g/mol. The number of carboxylic acid groups (broad SMARTS) is 1. The predicted molar refractivity (Wildman–Crippen MR) is 70.7 cm³/mol. The maximum Gasteiger partial charge on any atom is 0.305 e. The van der Waals surface area contributed by atoms with Crippen molar-refractivity contribution in [3.63, 3.8) is 0 Å². The van der Waals surface area contributed by atoms with Gasteiger partial charge in [-0.25, -0.2) is 0 Å². The average Bonchev–Trinajstić information content (AvgIpc) is 2.68. The Morgan fingerprint density at radius 2 is 2.00 bits per heavy atom. The summed E-state index contributed by atoms with van der Waals surface area (Å²) in [6, 6.07) is 1.78. The van der Waals surface area contributed by atoms with Gasteiger partial charge in [-0.15, -0.1) is 0 Å². The minimum Gasteiger partial charge on any atom is -0.481 e. The van der Waals surface area contributed by atoms with Gasteiger partial charge in [-0.2, -0.15) is 0 Å². The van der Waals surface area contributed by atoms with E-state index in [0.29, 0.717) is 31.8 Å². The Labute approximate surface area is 117 Å². The first-order chi connectivity index (χ1) is 9.42. The molecule has 1 saturated heterocycles. The van der Waals surface area contributed by atoms with Crippen LogP contribution in [0.3, 0.4) is 0 Å². The molecule has 6 heteroatoms. The third-order valence-corrected chi connectivity index (χ3v) is 3.57. The minimum absolute atomic E-state index is 0.110. The second-order valence-electron chi connectivity index (χ2n) is 5.29. The van der Waals surface area contributed by atoms with Crippen molar-refractivity contribution >= 4 is 11.9 Å². The van der Waals surface area contributed by atoms with Crippen LogP contribution in [0.25, 0.3) is 0 Å². The standard InChI is InChI=1S/C14H19NO5/c1-9-7-10(2)20-12(9)13(18)15-14(8-11(16)17)3-5-19-6-4-14/h7H,3-6,8H2,1-2H3,(H,15,18)(H,16,17). The summed E-state index contributed by atoms with van der Waals surface area (Å²) < 4.78 is 10.6. The number of carboxylic acids is 1. The highest BCUT2D eigenvalue weighted by molar-refractivity contribution is 5.93. The van der Waals surface area contributed by atoms with Gasteiger partial charge in [0.1, 0.15) is 5.76 Å². The van der Waals surface area contributed by atoms with Gasteiger partial charge in [0, 0.05) is 18.8 Å². The van der Waals surface area contributed by atoms with E-state index < -0.39 is 11.5 Å². The second kappa shape index (κ2) is 5.66. The van der Waals surface area contributed by atoms with Crippen LogP contribution in [0.15, 0.2) is 10.5 Å². The molecule has 2 heterocycles. The van der Waals surface area contributed by atoms with Crippen LogP contribution in [0.4, 0.5) is 0 Å². The topological polar surface area (TPSA) is 88.8 Å². The van der Waals surface area contributed by atoms with Gasteiger partial charge in [-0.3, -0.25) is 9.59 Å². The summed E-state index contributed by atoms with van der Waals surface area (Å²) in [7, 11) is 0. The van der Waals surface area contributed by atoms with Gasteiger partial charge in [0.15, 0.2) is 5.76 Å². The molecule has 1 amide bonds. The maximum absolute atomic E-state index is 12.3. The van der Waals surface area contributed by atoms with E-state index in [9.17, 15) is 9.59 Å². The largest absolute Gasteiger partial charge is 0.481 e. The first kappa shape index (κ1) is 14.6. The minimum atomic E-state index is -0.931. The van der Waals surface area contributed by atoms with E-state index in [1.807, 2.05) is 0 Å². The SMILES string of the molecule is Cc1cc(C)c(C(=O)NC2(CC(=O)O)CCOCC2)o1. The summed E-state index contributed by atoms with van der Waals surface area (Å²) in [6.45, 7) is 4.46. The lowest BCUT2D eigenvalue weighted by atomic mass is 9.86. The second-order valence-corrected chi connectivity index (χ2v) is 5.29. The van der Waals surface area contributed by atoms with Crippen LogP contribution >= 0.6 is 0 Å². The van der Waals surface area contributed by atoms with Crippen LogP contribution in [0.1, 0.15) is 41.1 Å². The first-order valence-corrected chi connectivity index (χ1v) is 6.61. The molecule has 1 aliphatic heterocycles. The molecule has 0 unspecified atom stereocenters. The van der Waals surface area contributed by atoms with Crippen molar-refractivity contribution in [1.29, 1.82) is 0 Å². The zero-order chi connectivity index (χ0) is 14.8. The normalized spacial score (nSPS) is 17.7. The van der Waals surface area contributed by atoms with Crippen LogP contribution < -0.4 is 5.32 Å². The van der Waals surface area contributed by atoms with Gasteiger partial charge in [-0.05, 0) is 32.8 Å². The highest BCUT2D eigenvalue weighted by Crippen LogP contribution is 2.26. The number of aryl methyl sites for hydroxylation is 2. The molecule has 0 aliphatic carbocycles. The molecule has 6 nitrogen and oxygen atoms in total.